The summed E-state index contributed by atoms with van der Waals surface area (Å²) < 4.78 is 33.5. The van der Waals surface area contributed by atoms with Gasteiger partial charge in [-0.3, -0.25) is 0 Å². The van der Waals surface area contributed by atoms with Crippen LogP contribution in [0.15, 0.2) is 0 Å². The molecule has 2 aliphatic rings. The van der Waals surface area contributed by atoms with Gasteiger partial charge in [0.15, 0.2) is 0 Å². The molecule has 0 aromatic carbocycles. The van der Waals surface area contributed by atoms with Crippen molar-refractivity contribution in [1.29, 1.82) is 0 Å². The van der Waals surface area contributed by atoms with Crippen molar-refractivity contribution in [3.05, 3.63) is 0 Å². The fourth-order valence-electron chi connectivity index (χ4n) is 2.39. The fraction of sp³-hybridized carbons (Fsp3) is 1.00. The molecular weight excluding hydrogens is 256 g/mol. The Morgan fingerprint density at radius 3 is 2.50 bits per heavy atom. The minimum Gasteiger partial charge on any atom is -0.396 e. The Morgan fingerprint density at radius 1 is 1.22 bits per heavy atom. The van der Waals surface area contributed by atoms with Crippen LogP contribution in [0.1, 0.15) is 19.3 Å². The Balaban J connectivity index is 1.79. The molecule has 2 aliphatic heterocycles. The summed E-state index contributed by atoms with van der Waals surface area (Å²) in [5.41, 5.74) is 0. The van der Waals surface area contributed by atoms with Crippen molar-refractivity contribution in [2.24, 2.45) is 11.8 Å². The molecule has 0 spiro atoms. The second kappa shape index (κ2) is 6.29. The van der Waals surface area contributed by atoms with Crippen molar-refractivity contribution in [3.63, 3.8) is 0 Å². The van der Waals surface area contributed by atoms with Crippen molar-refractivity contribution in [3.8, 4) is 0 Å². The van der Waals surface area contributed by atoms with Gasteiger partial charge in [0.2, 0.25) is 0 Å². The maximum Gasteiger partial charge on any atom is 0.279 e. The predicted octanol–water partition coefficient (Wildman–Crippen LogP) is -0.438. The van der Waals surface area contributed by atoms with Gasteiger partial charge in [-0.15, -0.1) is 0 Å². The molecule has 2 heterocycles. The molecule has 0 aliphatic carbocycles. The van der Waals surface area contributed by atoms with Gasteiger partial charge >= 0.3 is 0 Å². The number of ether oxygens (including phenoxy) is 1. The van der Waals surface area contributed by atoms with Gasteiger partial charge in [-0.25, -0.2) is 4.72 Å². The number of nitrogens with zero attached hydrogens (tertiary/aromatic N) is 1. The molecule has 7 heteroatoms. The standard InChI is InChI=1S/C11H22N2O4S/c14-8-10-1-4-13(5-2-10)18(15,16)12-7-11-3-6-17-9-11/h10-12,14H,1-9H2. The minimum absolute atomic E-state index is 0.154. The molecule has 18 heavy (non-hydrogen) atoms. The second-order valence-electron chi connectivity index (χ2n) is 5.11. The first-order valence-corrected chi connectivity index (χ1v) is 7.99. The van der Waals surface area contributed by atoms with Crippen LogP contribution in [0.5, 0.6) is 0 Å². The molecule has 2 fully saturated rings. The summed E-state index contributed by atoms with van der Waals surface area (Å²) in [6.45, 7) is 3.00. The SMILES string of the molecule is O=S(=O)(NCC1CCOC1)N1CCC(CO)CC1. The Morgan fingerprint density at radius 2 is 1.94 bits per heavy atom. The van der Waals surface area contributed by atoms with Gasteiger partial charge in [0.05, 0.1) is 6.61 Å². The van der Waals surface area contributed by atoms with E-state index in [2.05, 4.69) is 4.72 Å². The van der Waals surface area contributed by atoms with Gasteiger partial charge < -0.3 is 9.84 Å². The van der Waals surface area contributed by atoms with Crippen LogP contribution >= 0.6 is 0 Å². The van der Waals surface area contributed by atoms with Gasteiger partial charge in [0, 0.05) is 32.8 Å². The molecule has 0 amide bonds. The average Bonchev–Trinajstić information content (AvgIpc) is 2.90. The third-order valence-electron chi connectivity index (χ3n) is 3.75. The van der Waals surface area contributed by atoms with Crippen LogP contribution in [0.2, 0.25) is 0 Å². The number of hydrogen-bond acceptors (Lipinski definition) is 4. The predicted molar refractivity (Wildman–Crippen MR) is 67.2 cm³/mol. The largest absolute Gasteiger partial charge is 0.396 e. The van der Waals surface area contributed by atoms with Crippen LogP contribution in [0.25, 0.3) is 0 Å². The van der Waals surface area contributed by atoms with Crippen LogP contribution in [0, 0.1) is 11.8 Å². The highest BCUT2D eigenvalue weighted by atomic mass is 32.2. The maximum absolute atomic E-state index is 12.0. The second-order valence-corrected chi connectivity index (χ2v) is 6.86. The quantitative estimate of drug-likeness (QED) is 0.715. The zero-order chi connectivity index (χ0) is 13.0. The summed E-state index contributed by atoms with van der Waals surface area (Å²) in [5.74, 6) is 0.550. The smallest absolute Gasteiger partial charge is 0.279 e. The van der Waals surface area contributed by atoms with Gasteiger partial charge in [-0.1, -0.05) is 0 Å². The van der Waals surface area contributed by atoms with Gasteiger partial charge in [-0.2, -0.15) is 12.7 Å². The van der Waals surface area contributed by atoms with E-state index in [0.717, 1.165) is 25.9 Å². The first kappa shape index (κ1) is 14.2. The molecule has 0 saturated carbocycles. The van der Waals surface area contributed by atoms with Gasteiger partial charge in [0.1, 0.15) is 0 Å². The summed E-state index contributed by atoms with van der Waals surface area (Å²) in [6, 6.07) is 0. The van der Waals surface area contributed by atoms with Crippen molar-refractivity contribution in [1.82, 2.24) is 9.03 Å². The number of hydrogen-bond donors (Lipinski definition) is 2. The summed E-state index contributed by atoms with van der Waals surface area (Å²) in [7, 11) is -3.36. The average molecular weight is 278 g/mol. The zero-order valence-electron chi connectivity index (χ0n) is 10.5. The van der Waals surface area contributed by atoms with E-state index in [0.29, 0.717) is 32.2 Å². The van der Waals surface area contributed by atoms with E-state index in [1.54, 1.807) is 0 Å². The van der Waals surface area contributed by atoms with E-state index in [1.165, 1.54) is 4.31 Å². The van der Waals surface area contributed by atoms with Crippen LogP contribution in [-0.2, 0) is 14.9 Å². The lowest BCUT2D eigenvalue weighted by Gasteiger charge is -2.30. The normalized spacial score (nSPS) is 27.7. The number of nitrogens with one attached hydrogen (secondary N) is 1. The van der Waals surface area contributed by atoms with E-state index in [9.17, 15) is 8.42 Å². The van der Waals surface area contributed by atoms with Crippen LogP contribution in [-0.4, -0.2) is 57.3 Å². The molecule has 2 rings (SSSR count). The van der Waals surface area contributed by atoms with E-state index < -0.39 is 10.2 Å². The molecule has 106 valence electrons. The topological polar surface area (TPSA) is 78.9 Å². The van der Waals surface area contributed by atoms with Crippen LogP contribution in [0.4, 0.5) is 0 Å². The summed E-state index contributed by atoms with van der Waals surface area (Å²) >= 11 is 0. The summed E-state index contributed by atoms with van der Waals surface area (Å²) in [6.07, 6.45) is 2.41. The molecule has 6 nitrogen and oxygen atoms in total. The lowest BCUT2D eigenvalue weighted by atomic mass is 10.00. The molecular formula is C11H22N2O4S. The van der Waals surface area contributed by atoms with E-state index in [1.807, 2.05) is 0 Å². The first-order valence-electron chi connectivity index (χ1n) is 6.55. The fourth-order valence-corrected chi connectivity index (χ4v) is 3.71. The van der Waals surface area contributed by atoms with Crippen molar-refractivity contribution < 1.29 is 18.3 Å². The molecule has 1 atom stereocenters. The van der Waals surface area contributed by atoms with Crippen LogP contribution in [0.3, 0.4) is 0 Å². The summed E-state index contributed by atoms with van der Waals surface area (Å²) in [4.78, 5) is 0. The van der Waals surface area contributed by atoms with E-state index >= 15 is 0 Å². The molecule has 2 saturated heterocycles. The lowest BCUT2D eigenvalue weighted by molar-refractivity contribution is 0.169. The van der Waals surface area contributed by atoms with Crippen LogP contribution < -0.4 is 4.72 Å². The Bertz CT molecular complexity index is 346. The molecule has 0 aromatic rings. The highest BCUT2D eigenvalue weighted by molar-refractivity contribution is 7.87. The Hall–Kier alpha value is -0.210. The minimum atomic E-state index is -3.36. The highest BCUT2D eigenvalue weighted by Crippen LogP contribution is 2.18. The third kappa shape index (κ3) is 3.64. The van der Waals surface area contributed by atoms with Gasteiger partial charge in [0.25, 0.3) is 10.2 Å². The molecule has 0 radical (unpaired) electrons. The zero-order valence-corrected chi connectivity index (χ0v) is 11.4. The number of rotatable bonds is 5. The number of piperidine rings is 1. The highest BCUT2D eigenvalue weighted by Gasteiger charge is 2.28. The van der Waals surface area contributed by atoms with E-state index in [-0.39, 0.29) is 12.5 Å². The molecule has 0 aromatic heterocycles. The first-order chi connectivity index (χ1) is 8.62. The lowest BCUT2D eigenvalue weighted by Crippen LogP contribution is -2.46. The van der Waals surface area contributed by atoms with Crippen molar-refractivity contribution in [2.75, 3.05) is 39.5 Å². The monoisotopic (exact) mass is 278 g/mol. The maximum atomic E-state index is 12.0. The Kier molecular flexibility index (Phi) is 4.97. The number of aliphatic hydroxyl groups excluding tert-OH is 1. The molecule has 0 bridgehead atoms. The van der Waals surface area contributed by atoms with Gasteiger partial charge in [-0.05, 0) is 31.1 Å². The van der Waals surface area contributed by atoms with Crippen molar-refractivity contribution in [2.45, 2.75) is 19.3 Å². The Labute approximate surface area is 108 Å². The number of aliphatic hydroxyl groups is 1. The van der Waals surface area contributed by atoms with E-state index in [4.69, 9.17) is 9.84 Å². The van der Waals surface area contributed by atoms with Crippen molar-refractivity contribution >= 4 is 10.2 Å². The third-order valence-corrected chi connectivity index (χ3v) is 5.33. The molecule has 1 unspecified atom stereocenters. The molecule has 2 N–H and O–H groups in total. The summed E-state index contributed by atoms with van der Waals surface area (Å²) in [5, 5.41) is 9.03.